The first-order chi connectivity index (χ1) is 12.1. The molecule has 138 valence electrons. The number of hydrogen-bond acceptors (Lipinski definition) is 3. The predicted molar refractivity (Wildman–Crippen MR) is 100 cm³/mol. The van der Waals surface area contributed by atoms with E-state index >= 15 is 0 Å². The average molecular weight is 345 g/mol. The number of amides is 2. The molecule has 0 aromatic heterocycles. The molecule has 0 radical (unpaired) electrons. The van der Waals surface area contributed by atoms with Crippen LogP contribution in [0.25, 0.3) is 0 Å². The van der Waals surface area contributed by atoms with E-state index in [-0.39, 0.29) is 24.3 Å². The Balaban J connectivity index is 1.72. The van der Waals surface area contributed by atoms with Crippen LogP contribution in [0.2, 0.25) is 0 Å². The number of nitrogens with zero attached hydrogens (tertiary/aromatic N) is 1. The van der Waals surface area contributed by atoms with Crippen LogP contribution < -0.4 is 10.6 Å². The monoisotopic (exact) mass is 345 g/mol. The van der Waals surface area contributed by atoms with Gasteiger partial charge >= 0.3 is 0 Å². The minimum Gasteiger partial charge on any atom is -0.356 e. The zero-order valence-corrected chi connectivity index (χ0v) is 15.3. The minimum absolute atomic E-state index is 0.0153. The Morgan fingerprint density at radius 2 is 1.76 bits per heavy atom. The van der Waals surface area contributed by atoms with Crippen molar-refractivity contribution in [1.29, 1.82) is 0 Å². The highest BCUT2D eigenvalue weighted by Gasteiger charge is 2.16. The van der Waals surface area contributed by atoms with E-state index in [4.69, 9.17) is 0 Å². The van der Waals surface area contributed by atoms with E-state index in [1.54, 1.807) is 0 Å². The molecule has 1 atom stereocenters. The molecule has 0 bridgehead atoms. The van der Waals surface area contributed by atoms with Crippen LogP contribution in [0.1, 0.15) is 57.1 Å². The number of carbonyl (C=O) groups is 2. The lowest BCUT2D eigenvalue weighted by atomic mass is 10.0. The average Bonchev–Trinajstić information content (AvgIpc) is 2.87. The van der Waals surface area contributed by atoms with Gasteiger partial charge in [-0.15, -0.1) is 0 Å². The lowest BCUT2D eigenvalue weighted by molar-refractivity contribution is -0.122. The molecule has 1 saturated heterocycles. The zero-order valence-electron chi connectivity index (χ0n) is 15.3. The Labute approximate surface area is 151 Å². The number of likely N-dealkylation sites (tertiary alicyclic amines) is 1. The van der Waals surface area contributed by atoms with Gasteiger partial charge in [0.25, 0.3) is 0 Å². The highest BCUT2D eigenvalue weighted by molar-refractivity contribution is 5.79. The number of carbonyl (C=O) groups excluding carboxylic acids is 2. The van der Waals surface area contributed by atoms with Crippen LogP contribution >= 0.6 is 0 Å². The molecule has 25 heavy (non-hydrogen) atoms. The van der Waals surface area contributed by atoms with Crippen LogP contribution in [0.5, 0.6) is 0 Å². The second-order valence-electron chi connectivity index (χ2n) is 6.83. The lowest BCUT2D eigenvalue weighted by Crippen LogP contribution is -2.34. The summed E-state index contributed by atoms with van der Waals surface area (Å²) >= 11 is 0. The van der Waals surface area contributed by atoms with Gasteiger partial charge in [-0.25, -0.2) is 0 Å². The maximum Gasteiger partial charge on any atom is 0.222 e. The van der Waals surface area contributed by atoms with Crippen molar-refractivity contribution in [2.45, 2.75) is 51.5 Å². The third-order valence-corrected chi connectivity index (χ3v) is 4.64. The highest BCUT2D eigenvalue weighted by atomic mass is 16.2. The van der Waals surface area contributed by atoms with Crippen molar-refractivity contribution < 1.29 is 9.59 Å². The molecule has 5 heteroatoms. The van der Waals surface area contributed by atoms with Crippen LogP contribution in [0, 0.1) is 0 Å². The molecule has 0 saturated carbocycles. The molecular weight excluding hydrogens is 314 g/mol. The number of nitrogens with one attached hydrogen (secondary N) is 2. The summed E-state index contributed by atoms with van der Waals surface area (Å²) in [5, 5.41) is 5.86. The summed E-state index contributed by atoms with van der Waals surface area (Å²) < 4.78 is 0. The Morgan fingerprint density at radius 3 is 2.40 bits per heavy atom. The predicted octanol–water partition coefficient (Wildman–Crippen LogP) is 2.64. The third kappa shape index (κ3) is 7.69. The van der Waals surface area contributed by atoms with E-state index < -0.39 is 0 Å². The molecule has 1 aromatic carbocycles. The Bertz CT molecular complexity index is 525. The normalized spacial score (nSPS) is 16.7. The molecule has 1 aromatic rings. The first-order valence-corrected chi connectivity index (χ1v) is 9.46. The van der Waals surface area contributed by atoms with Gasteiger partial charge < -0.3 is 15.5 Å². The van der Waals surface area contributed by atoms with Gasteiger partial charge in [-0.05, 0) is 44.5 Å². The SMILES string of the molecule is CC(=O)NC(CC(=O)NCCCN1CCCCCC1)c1ccccc1. The van der Waals surface area contributed by atoms with E-state index in [2.05, 4.69) is 15.5 Å². The van der Waals surface area contributed by atoms with Gasteiger partial charge in [0, 0.05) is 13.5 Å². The second kappa shape index (κ2) is 10.9. The summed E-state index contributed by atoms with van der Waals surface area (Å²) in [5.41, 5.74) is 0.956. The second-order valence-corrected chi connectivity index (χ2v) is 6.83. The fourth-order valence-electron chi connectivity index (χ4n) is 3.33. The van der Waals surface area contributed by atoms with Crippen molar-refractivity contribution in [3.63, 3.8) is 0 Å². The summed E-state index contributed by atoms with van der Waals surface area (Å²) in [6.07, 6.45) is 6.52. The van der Waals surface area contributed by atoms with E-state index in [0.29, 0.717) is 6.54 Å². The topological polar surface area (TPSA) is 61.4 Å². The third-order valence-electron chi connectivity index (χ3n) is 4.64. The first-order valence-electron chi connectivity index (χ1n) is 9.46. The largest absolute Gasteiger partial charge is 0.356 e. The van der Waals surface area contributed by atoms with Gasteiger partial charge in [0.05, 0.1) is 12.5 Å². The fraction of sp³-hybridized carbons (Fsp3) is 0.600. The van der Waals surface area contributed by atoms with Crippen LogP contribution in [-0.2, 0) is 9.59 Å². The molecule has 1 heterocycles. The molecule has 2 amide bonds. The van der Waals surface area contributed by atoms with Crippen molar-refractivity contribution in [2.75, 3.05) is 26.2 Å². The molecule has 0 spiro atoms. The quantitative estimate of drug-likeness (QED) is 0.712. The molecule has 2 N–H and O–H groups in total. The van der Waals surface area contributed by atoms with E-state index in [1.165, 1.54) is 45.7 Å². The van der Waals surface area contributed by atoms with E-state index in [0.717, 1.165) is 18.5 Å². The molecule has 1 unspecified atom stereocenters. The fourth-order valence-corrected chi connectivity index (χ4v) is 3.33. The lowest BCUT2D eigenvalue weighted by Gasteiger charge is -2.20. The molecule has 1 fully saturated rings. The zero-order chi connectivity index (χ0) is 17.9. The van der Waals surface area contributed by atoms with Crippen molar-refractivity contribution in [3.05, 3.63) is 35.9 Å². The van der Waals surface area contributed by atoms with Crippen molar-refractivity contribution >= 4 is 11.8 Å². The summed E-state index contributed by atoms with van der Waals surface area (Å²) in [4.78, 5) is 26.2. The van der Waals surface area contributed by atoms with Crippen LogP contribution in [0.15, 0.2) is 30.3 Å². The van der Waals surface area contributed by atoms with Crippen LogP contribution in [0.3, 0.4) is 0 Å². The first kappa shape index (κ1) is 19.4. The van der Waals surface area contributed by atoms with Gasteiger partial charge in [-0.3, -0.25) is 9.59 Å². The van der Waals surface area contributed by atoms with Gasteiger partial charge in [0.1, 0.15) is 0 Å². The highest BCUT2D eigenvalue weighted by Crippen LogP contribution is 2.16. The van der Waals surface area contributed by atoms with E-state index in [1.807, 2.05) is 30.3 Å². The molecule has 1 aliphatic rings. The maximum atomic E-state index is 12.2. The Kier molecular flexibility index (Phi) is 8.46. The van der Waals surface area contributed by atoms with Crippen molar-refractivity contribution in [3.8, 4) is 0 Å². The van der Waals surface area contributed by atoms with Gasteiger partial charge in [0.15, 0.2) is 0 Å². The summed E-state index contributed by atoms with van der Waals surface area (Å²) in [7, 11) is 0. The van der Waals surface area contributed by atoms with E-state index in [9.17, 15) is 9.59 Å². The number of rotatable bonds is 8. The van der Waals surface area contributed by atoms with Crippen molar-refractivity contribution in [1.82, 2.24) is 15.5 Å². The van der Waals surface area contributed by atoms with Crippen LogP contribution in [-0.4, -0.2) is 42.9 Å². The number of benzene rings is 1. The maximum absolute atomic E-state index is 12.2. The van der Waals surface area contributed by atoms with Crippen LogP contribution in [0.4, 0.5) is 0 Å². The summed E-state index contributed by atoms with van der Waals surface area (Å²) in [6.45, 7) is 5.60. The minimum atomic E-state index is -0.274. The molecule has 1 aliphatic heterocycles. The summed E-state index contributed by atoms with van der Waals surface area (Å²) in [6, 6.07) is 9.37. The molecule has 0 aliphatic carbocycles. The smallest absolute Gasteiger partial charge is 0.222 e. The standard InChI is InChI=1S/C20H31N3O2/c1-17(24)22-19(18-10-5-4-6-11-18)16-20(25)21-12-9-15-23-13-7-2-3-8-14-23/h4-6,10-11,19H,2-3,7-9,12-16H2,1H3,(H,21,25)(H,22,24). The Hall–Kier alpha value is -1.88. The Morgan fingerprint density at radius 1 is 1.08 bits per heavy atom. The summed E-state index contributed by atoms with van der Waals surface area (Å²) in [5.74, 6) is -0.138. The van der Waals surface area contributed by atoms with Gasteiger partial charge in [0.2, 0.25) is 11.8 Å². The van der Waals surface area contributed by atoms with Gasteiger partial charge in [-0.1, -0.05) is 43.2 Å². The molecular formula is C20H31N3O2. The van der Waals surface area contributed by atoms with Gasteiger partial charge in [-0.2, -0.15) is 0 Å². The molecule has 5 nitrogen and oxygen atoms in total. The number of hydrogen-bond donors (Lipinski definition) is 2. The molecule has 2 rings (SSSR count). The van der Waals surface area contributed by atoms with Crippen molar-refractivity contribution in [2.24, 2.45) is 0 Å².